The molecule has 10 heteroatoms. The molecule has 0 atom stereocenters. The van der Waals surface area contributed by atoms with Gasteiger partial charge in [-0.3, -0.25) is 4.79 Å². The van der Waals surface area contributed by atoms with Crippen molar-refractivity contribution in [2.75, 3.05) is 13.2 Å². The van der Waals surface area contributed by atoms with Crippen LogP contribution in [0.25, 0.3) is 11.0 Å². The molecule has 35 heavy (non-hydrogen) atoms. The van der Waals surface area contributed by atoms with E-state index in [1.165, 1.54) is 18.5 Å². The molecule has 0 aliphatic heterocycles. The van der Waals surface area contributed by atoms with E-state index in [0.29, 0.717) is 24.3 Å². The highest BCUT2D eigenvalue weighted by Crippen LogP contribution is 2.33. The molecule has 2 heterocycles. The van der Waals surface area contributed by atoms with Crippen LogP contribution in [-0.4, -0.2) is 52.3 Å². The molecule has 190 valence electrons. The van der Waals surface area contributed by atoms with E-state index < -0.39 is 22.1 Å². The Bertz CT molecular complexity index is 1310. The Morgan fingerprint density at radius 1 is 1.20 bits per heavy atom. The van der Waals surface area contributed by atoms with E-state index >= 15 is 0 Å². The van der Waals surface area contributed by atoms with Crippen LogP contribution >= 0.6 is 0 Å². The number of rotatable bonds is 7. The maximum atomic E-state index is 13.6. The minimum atomic E-state index is -3.94. The van der Waals surface area contributed by atoms with Crippen LogP contribution in [0.5, 0.6) is 0 Å². The number of hydrogen-bond acceptors (Lipinski definition) is 5. The van der Waals surface area contributed by atoms with Gasteiger partial charge < -0.3 is 15.0 Å². The van der Waals surface area contributed by atoms with Crippen molar-refractivity contribution in [2.45, 2.75) is 69.5 Å². The van der Waals surface area contributed by atoms with E-state index in [2.05, 4.69) is 30.7 Å². The van der Waals surface area contributed by atoms with E-state index in [1.54, 1.807) is 18.2 Å². The minimum Gasteiger partial charge on any atom is -0.395 e. The molecule has 2 N–H and O–H groups in total. The third-order valence-corrected chi connectivity index (χ3v) is 8.14. The first kappa shape index (κ1) is 25.4. The second kappa shape index (κ2) is 9.73. The summed E-state index contributed by atoms with van der Waals surface area (Å²) in [6.07, 6.45) is 4.70. The van der Waals surface area contributed by atoms with Crippen molar-refractivity contribution in [3.63, 3.8) is 0 Å². The summed E-state index contributed by atoms with van der Waals surface area (Å²) in [6.45, 7) is 6.83. The van der Waals surface area contributed by atoms with E-state index in [9.17, 15) is 17.6 Å². The van der Waals surface area contributed by atoms with Crippen LogP contribution in [0.15, 0.2) is 41.6 Å². The van der Waals surface area contributed by atoms with Gasteiger partial charge in [-0.2, -0.15) is 0 Å². The highest BCUT2D eigenvalue weighted by molar-refractivity contribution is 7.90. The molecule has 0 bridgehead atoms. The number of carbonyl (C=O) groups excluding carboxylic acids is 1. The van der Waals surface area contributed by atoms with Crippen molar-refractivity contribution in [3.8, 4) is 0 Å². The maximum absolute atomic E-state index is 13.6. The van der Waals surface area contributed by atoms with Crippen LogP contribution in [-0.2, 0) is 22.0 Å². The molecule has 4 rings (SSSR count). The smallest absolute Gasteiger partial charge is 0.267 e. The maximum Gasteiger partial charge on any atom is 0.267 e. The van der Waals surface area contributed by atoms with Gasteiger partial charge in [0.25, 0.3) is 15.9 Å². The second-order valence-corrected chi connectivity index (χ2v) is 12.1. The molecule has 1 aliphatic carbocycles. The minimum absolute atomic E-state index is 0.0750. The van der Waals surface area contributed by atoms with Crippen molar-refractivity contribution in [1.29, 1.82) is 0 Å². The number of alkyl halides is 1. The molecule has 1 saturated carbocycles. The number of fused-ring (bicyclic) bond motifs is 1. The standard InChI is InChI=1S/C25H33FN4O4S/c1-25(2,3)24-28-21-14-20(8-9-22(21)30(24)15-17-4-6-19(26)7-5-17)35(33,34)29-12-10-18(16-29)23(32)27-11-13-31/h8-10,12,14,16-17,19,31H,4-7,11,13,15H2,1-3H3,(H,27,32). The molecule has 0 saturated heterocycles. The topological polar surface area (TPSA) is 106 Å². The summed E-state index contributed by atoms with van der Waals surface area (Å²) in [6, 6.07) is 6.33. The van der Waals surface area contributed by atoms with Gasteiger partial charge in [0.1, 0.15) is 12.0 Å². The predicted octanol–water partition coefficient (Wildman–Crippen LogP) is 3.62. The number of amides is 1. The molecule has 1 fully saturated rings. The summed E-state index contributed by atoms with van der Waals surface area (Å²) in [4.78, 5) is 17.0. The van der Waals surface area contributed by atoms with Gasteiger partial charge >= 0.3 is 0 Å². The third kappa shape index (κ3) is 5.28. The molecule has 3 aromatic rings. The summed E-state index contributed by atoms with van der Waals surface area (Å²) in [5.41, 5.74) is 1.37. The highest BCUT2D eigenvalue weighted by atomic mass is 32.2. The molecule has 1 aromatic carbocycles. The molecule has 1 amide bonds. The van der Waals surface area contributed by atoms with Gasteiger partial charge in [-0.15, -0.1) is 0 Å². The lowest BCUT2D eigenvalue weighted by Gasteiger charge is -2.27. The number of nitrogens with one attached hydrogen (secondary N) is 1. The van der Waals surface area contributed by atoms with Gasteiger partial charge in [0.05, 0.1) is 28.1 Å². The number of benzene rings is 1. The van der Waals surface area contributed by atoms with E-state index in [-0.39, 0.29) is 29.0 Å². The fraction of sp³-hybridized carbons (Fsp3) is 0.520. The Morgan fingerprint density at radius 3 is 2.57 bits per heavy atom. The molecule has 0 radical (unpaired) electrons. The summed E-state index contributed by atoms with van der Waals surface area (Å²) in [7, 11) is -3.94. The zero-order valence-corrected chi connectivity index (χ0v) is 21.2. The Labute approximate surface area is 205 Å². The lowest BCUT2D eigenvalue weighted by Crippen LogP contribution is -2.26. The lowest BCUT2D eigenvalue weighted by molar-refractivity contribution is 0.0945. The first-order valence-corrected chi connectivity index (χ1v) is 13.4. The number of aliphatic hydroxyl groups is 1. The highest BCUT2D eigenvalue weighted by Gasteiger charge is 2.28. The molecule has 1 aliphatic rings. The van der Waals surface area contributed by atoms with Gasteiger partial charge in [0, 0.05) is 30.9 Å². The first-order valence-electron chi connectivity index (χ1n) is 12.0. The zero-order chi connectivity index (χ0) is 25.4. The normalized spacial score (nSPS) is 19.2. The largest absolute Gasteiger partial charge is 0.395 e. The molecular weight excluding hydrogens is 471 g/mol. The number of halogens is 1. The summed E-state index contributed by atoms with van der Waals surface area (Å²) in [5, 5.41) is 11.4. The Hall–Kier alpha value is -2.72. The zero-order valence-electron chi connectivity index (χ0n) is 20.4. The number of hydrogen-bond donors (Lipinski definition) is 2. The fourth-order valence-electron chi connectivity index (χ4n) is 4.64. The Kier molecular flexibility index (Phi) is 7.06. The first-order chi connectivity index (χ1) is 16.5. The number of imidazole rings is 1. The van der Waals surface area contributed by atoms with E-state index in [0.717, 1.165) is 34.7 Å². The average molecular weight is 505 g/mol. The van der Waals surface area contributed by atoms with E-state index in [1.807, 2.05) is 0 Å². The number of carbonyl (C=O) groups is 1. The third-order valence-electron chi connectivity index (χ3n) is 6.51. The van der Waals surface area contributed by atoms with Crippen molar-refractivity contribution >= 4 is 27.0 Å². The van der Waals surface area contributed by atoms with Gasteiger partial charge in [-0.1, -0.05) is 20.8 Å². The van der Waals surface area contributed by atoms with Crippen LogP contribution in [0.4, 0.5) is 4.39 Å². The van der Waals surface area contributed by atoms with Gasteiger partial charge in [0.15, 0.2) is 0 Å². The molecular formula is C25H33FN4O4S. The monoisotopic (exact) mass is 504 g/mol. The van der Waals surface area contributed by atoms with Crippen molar-refractivity contribution in [3.05, 3.63) is 48.0 Å². The summed E-state index contributed by atoms with van der Waals surface area (Å²) >= 11 is 0. The second-order valence-electron chi connectivity index (χ2n) is 10.3. The van der Waals surface area contributed by atoms with Crippen LogP contribution in [0.2, 0.25) is 0 Å². The summed E-state index contributed by atoms with van der Waals surface area (Å²) in [5.74, 6) is 0.770. The van der Waals surface area contributed by atoms with Crippen LogP contribution in [0.1, 0.15) is 62.6 Å². The number of aliphatic hydroxyl groups excluding tert-OH is 1. The lowest BCUT2D eigenvalue weighted by atomic mass is 9.87. The van der Waals surface area contributed by atoms with Crippen molar-refractivity contribution < 1.29 is 22.7 Å². The van der Waals surface area contributed by atoms with Gasteiger partial charge in [-0.25, -0.2) is 21.8 Å². The van der Waals surface area contributed by atoms with Crippen LogP contribution in [0, 0.1) is 5.92 Å². The Balaban J connectivity index is 1.68. The quantitative estimate of drug-likeness (QED) is 0.511. The SMILES string of the molecule is CC(C)(C)c1nc2cc(S(=O)(=O)n3ccc(C(=O)NCCO)c3)ccc2n1CC1CCC(F)CC1. The average Bonchev–Trinajstić information content (AvgIpc) is 3.45. The molecule has 0 spiro atoms. The predicted molar refractivity (Wildman–Crippen MR) is 132 cm³/mol. The van der Waals surface area contributed by atoms with Gasteiger partial charge in [-0.05, 0) is 55.9 Å². The number of nitrogens with zero attached hydrogens (tertiary/aromatic N) is 3. The van der Waals surface area contributed by atoms with Crippen LogP contribution in [0.3, 0.4) is 0 Å². The van der Waals surface area contributed by atoms with E-state index in [4.69, 9.17) is 10.1 Å². The Morgan fingerprint density at radius 2 is 1.91 bits per heavy atom. The number of aromatic nitrogens is 3. The van der Waals surface area contributed by atoms with Crippen molar-refractivity contribution in [1.82, 2.24) is 18.8 Å². The molecule has 8 nitrogen and oxygen atoms in total. The van der Waals surface area contributed by atoms with Gasteiger partial charge in [0.2, 0.25) is 0 Å². The summed E-state index contributed by atoms with van der Waals surface area (Å²) < 4.78 is 43.4. The molecule has 2 aromatic heterocycles. The van der Waals surface area contributed by atoms with Crippen molar-refractivity contribution in [2.24, 2.45) is 5.92 Å². The molecule has 0 unspecified atom stereocenters. The van der Waals surface area contributed by atoms with Crippen LogP contribution < -0.4 is 5.32 Å². The fourth-order valence-corrected chi connectivity index (χ4v) is 5.86.